The fourth-order valence-corrected chi connectivity index (χ4v) is 2.56. The standard InChI is InChI=1S/C16H24N2O3/c1-17-9-11-18(12-10-17)8-4-6-14-5-2-3-7-15(14)21-13-16(19)20/h2-3,5,7H,4,6,8-13H2,1H3,(H,19,20). The summed E-state index contributed by atoms with van der Waals surface area (Å²) in [5.74, 6) is -0.250. The van der Waals surface area contributed by atoms with Crippen molar-refractivity contribution in [1.82, 2.24) is 9.80 Å². The van der Waals surface area contributed by atoms with Gasteiger partial charge in [-0.25, -0.2) is 4.79 Å². The van der Waals surface area contributed by atoms with Crippen molar-refractivity contribution in [1.29, 1.82) is 0 Å². The van der Waals surface area contributed by atoms with Gasteiger partial charge in [-0.05, 0) is 38.1 Å². The highest BCUT2D eigenvalue weighted by atomic mass is 16.5. The number of likely N-dealkylation sites (N-methyl/N-ethyl adjacent to an activating group) is 1. The summed E-state index contributed by atoms with van der Waals surface area (Å²) in [7, 11) is 2.16. The normalized spacial score (nSPS) is 16.8. The SMILES string of the molecule is CN1CCN(CCCc2ccccc2OCC(=O)O)CC1. The van der Waals surface area contributed by atoms with Crippen LogP contribution in [0.15, 0.2) is 24.3 Å². The third-order valence-corrected chi connectivity index (χ3v) is 3.84. The number of carboxylic acids is 1. The van der Waals surface area contributed by atoms with Gasteiger partial charge >= 0.3 is 5.97 Å². The third kappa shape index (κ3) is 5.36. The maximum atomic E-state index is 10.6. The van der Waals surface area contributed by atoms with Gasteiger partial charge in [-0.2, -0.15) is 0 Å². The second kappa shape index (κ2) is 8.00. The number of hydrogen-bond acceptors (Lipinski definition) is 4. The van der Waals surface area contributed by atoms with E-state index < -0.39 is 5.97 Å². The molecule has 2 rings (SSSR count). The monoisotopic (exact) mass is 292 g/mol. The van der Waals surface area contributed by atoms with Crippen LogP contribution in [0.1, 0.15) is 12.0 Å². The first kappa shape index (κ1) is 15.8. The van der Waals surface area contributed by atoms with Crippen molar-refractivity contribution >= 4 is 5.97 Å². The highest BCUT2D eigenvalue weighted by molar-refractivity contribution is 5.68. The molecule has 0 unspecified atom stereocenters. The number of ether oxygens (including phenoxy) is 1. The molecule has 21 heavy (non-hydrogen) atoms. The van der Waals surface area contributed by atoms with Crippen molar-refractivity contribution < 1.29 is 14.6 Å². The Morgan fingerprint density at radius 1 is 1.24 bits per heavy atom. The lowest BCUT2D eigenvalue weighted by molar-refractivity contribution is -0.139. The van der Waals surface area contributed by atoms with E-state index in [2.05, 4.69) is 16.8 Å². The Bertz CT molecular complexity index is 457. The number of carbonyl (C=O) groups is 1. The second-order valence-electron chi connectivity index (χ2n) is 5.54. The third-order valence-electron chi connectivity index (χ3n) is 3.84. The molecular formula is C16H24N2O3. The van der Waals surface area contributed by atoms with Gasteiger partial charge in [0.2, 0.25) is 0 Å². The van der Waals surface area contributed by atoms with Gasteiger partial charge in [-0.3, -0.25) is 0 Å². The molecule has 0 saturated carbocycles. The molecule has 1 aromatic carbocycles. The lowest BCUT2D eigenvalue weighted by Crippen LogP contribution is -2.44. The predicted octanol–water partition coefficient (Wildman–Crippen LogP) is 1.33. The summed E-state index contributed by atoms with van der Waals surface area (Å²) in [4.78, 5) is 15.4. The Hall–Kier alpha value is -1.59. The predicted molar refractivity (Wildman–Crippen MR) is 81.8 cm³/mol. The van der Waals surface area contributed by atoms with Gasteiger partial charge in [-0.1, -0.05) is 18.2 Å². The van der Waals surface area contributed by atoms with Crippen molar-refractivity contribution in [2.75, 3.05) is 46.4 Å². The zero-order valence-corrected chi connectivity index (χ0v) is 12.6. The molecular weight excluding hydrogens is 268 g/mol. The molecule has 0 radical (unpaired) electrons. The van der Waals surface area contributed by atoms with Crippen molar-refractivity contribution in [3.05, 3.63) is 29.8 Å². The number of nitrogens with zero attached hydrogens (tertiary/aromatic N) is 2. The Morgan fingerprint density at radius 3 is 2.67 bits per heavy atom. The summed E-state index contributed by atoms with van der Waals surface area (Å²) < 4.78 is 5.34. The summed E-state index contributed by atoms with van der Waals surface area (Å²) in [6.45, 7) is 5.34. The highest BCUT2D eigenvalue weighted by Gasteiger charge is 2.13. The van der Waals surface area contributed by atoms with Crippen LogP contribution in [-0.2, 0) is 11.2 Å². The maximum absolute atomic E-state index is 10.6. The van der Waals surface area contributed by atoms with Crippen LogP contribution in [0, 0.1) is 0 Å². The van der Waals surface area contributed by atoms with Crippen molar-refractivity contribution in [3.63, 3.8) is 0 Å². The molecule has 1 saturated heterocycles. The summed E-state index contributed by atoms with van der Waals surface area (Å²) in [6, 6.07) is 7.70. The average Bonchev–Trinajstić information content (AvgIpc) is 2.48. The van der Waals surface area contributed by atoms with Gasteiger partial charge < -0.3 is 19.6 Å². The Balaban J connectivity index is 1.78. The Kier molecular flexibility index (Phi) is 6.02. The molecule has 1 aromatic rings. The lowest BCUT2D eigenvalue weighted by atomic mass is 10.1. The molecule has 1 heterocycles. The Labute approximate surface area is 126 Å². The summed E-state index contributed by atoms with van der Waals surface area (Å²) in [5, 5.41) is 8.70. The second-order valence-corrected chi connectivity index (χ2v) is 5.54. The zero-order chi connectivity index (χ0) is 15.1. The van der Waals surface area contributed by atoms with Gasteiger partial charge in [0.1, 0.15) is 5.75 Å². The molecule has 0 atom stereocenters. The fraction of sp³-hybridized carbons (Fsp3) is 0.562. The number of para-hydroxylation sites is 1. The van der Waals surface area contributed by atoms with Crippen LogP contribution in [0.4, 0.5) is 0 Å². The van der Waals surface area contributed by atoms with Crippen LogP contribution in [0.2, 0.25) is 0 Å². The molecule has 0 spiro atoms. The van der Waals surface area contributed by atoms with E-state index in [4.69, 9.17) is 9.84 Å². The maximum Gasteiger partial charge on any atom is 0.341 e. The molecule has 0 aromatic heterocycles. The number of benzene rings is 1. The molecule has 116 valence electrons. The smallest absolute Gasteiger partial charge is 0.341 e. The number of hydrogen-bond donors (Lipinski definition) is 1. The van der Waals surface area contributed by atoms with Crippen molar-refractivity contribution in [2.24, 2.45) is 0 Å². The number of aryl methyl sites for hydroxylation is 1. The summed E-state index contributed by atoms with van der Waals surface area (Å²) in [5.41, 5.74) is 1.09. The molecule has 1 aliphatic heterocycles. The molecule has 0 amide bonds. The number of carboxylic acid groups (broad SMARTS) is 1. The summed E-state index contributed by atoms with van der Waals surface area (Å²) in [6.07, 6.45) is 1.99. The van der Waals surface area contributed by atoms with E-state index in [1.54, 1.807) is 0 Å². The van der Waals surface area contributed by atoms with Gasteiger partial charge in [0.15, 0.2) is 6.61 Å². The van der Waals surface area contributed by atoms with E-state index in [0.717, 1.165) is 51.1 Å². The molecule has 1 aliphatic rings. The van der Waals surface area contributed by atoms with Gasteiger partial charge in [0.05, 0.1) is 0 Å². The Morgan fingerprint density at radius 2 is 1.95 bits per heavy atom. The minimum atomic E-state index is -0.942. The van der Waals surface area contributed by atoms with Crippen LogP contribution in [0.25, 0.3) is 0 Å². The van der Waals surface area contributed by atoms with E-state index in [1.807, 2.05) is 24.3 Å². The van der Waals surface area contributed by atoms with Crippen molar-refractivity contribution in [3.8, 4) is 5.75 Å². The van der Waals surface area contributed by atoms with Crippen LogP contribution in [-0.4, -0.2) is 67.3 Å². The van der Waals surface area contributed by atoms with Gasteiger partial charge in [-0.15, -0.1) is 0 Å². The van der Waals surface area contributed by atoms with E-state index in [-0.39, 0.29) is 6.61 Å². The minimum Gasteiger partial charge on any atom is -0.482 e. The van der Waals surface area contributed by atoms with Gasteiger partial charge in [0.25, 0.3) is 0 Å². The first-order chi connectivity index (χ1) is 10.1. The first-order valence-corrected chi connectivity index (χ1v) is 7.48. The van der Waals surface area contributed by atoms with E-state index >= 15 is 0 Å². The largest absolute Gasteiger partial charge is 0.482 e. The van der Waals surface area contributed by atoms with Crippen LogP contribution >= 0.6 is 0 Å². The molecule has 1 fully saturated rings. The molecule has 5 nitrogen and oxygen atoms in total. The van der Waals surface area contributed by atoms with Crippen LogP contribution in [0.3, 0.4) is 0 Å². The molecule has 1 N–H and O–H groups in total. The summed E-state index contributed by atoms with van der Waals surface area (Å²) >= 11 is 0. The highest BCUT2D eigenvalue weighted by Crippen LogP contribution is 2.19. The number of rotatable bonds is 7. The molecule has 0 bridgehead atoms. The topological polar surface area (TPSA) is 53.0 Å². The van der Waals surface area contributed by atoms with Crippen LogP contribution in [0.5, 0.6) is 5.75 Å². The van der Waals surface area contributed by atoms with E-state index in [1.165, 1.54) is 0 Å². The molecule has 5 heteroatoms. The fourth-order valence-electron chi connectivity index (χ4n) is 2.56. The number of piperazine rings is 1. The quantitative estimate of drug-likeness (QED) is 0.821. The first-order valence-electron chi connectivity index (χ1n) is 7.48. The van der Waals surface area contributed by atoms with E-state index in [0.29, 0.717) is 5.75 Å². The minimum absolute atomic E-state index is 0.282. The number of aliphatic carboxylic acids is 1. The molecule has 0 aliphatic carbocycles. The zero-order valence-electron chi connectivity index (χ0n) is 12.6. The average molecular weight is 292 g/mol. The van der Waals surface area contributed by atoms with Crippen LogP contribution < -0.4 is 4.74 Å². The van der Waals surface area contributed by atoms with Crippen molar-refractivity contribution in [2.45, 2.75) is 12.8 Å². The van der Waals surface area contributed by atoms with Gasteiger partial charge in [0, 0.05) is 26.2 Å². The lowest BCUT2D eigenvalue weighted by Gasteiger charge is -2.32. The van der Waals surface area contributed by atoms with E-state index in [9.17, 15) is 4.79 Å².